The van der Waals surface area contributed by atoms with E-state index in [0.29, 0.717) is 11.3 Å². The molecule has 78 valence electrons. The molecule has 1 rings (SSSR count). The second kappa shape index (κ2) is 6.20. The Morgan fingerprint density at radius 2 is 2.23 bits per heavy atom. The van der Waals surface area contributed by atoms with Crippen LogP contribution in [0.5, 0.6) is 0 Å². The molecule has 0 aliphatic carbocycles. The van der Waals surface area contributed by atoms with E-state index in [1.54, 1.807) is 0 Å². The normalized spacial score (nSPS) is 28.4. The van der Waals surface area contributed by atoms with Gasteiger partial charge in [0.2, 0.25) is 0 Å². The highest BCUT2D eigenvalue weighted by molar-refractivity contribution is 8.06. The summed E-state index contributed by atoms with van der Waals surface area (Å²) in [5, 5.41) is 0.716. The second-order valence-corrected chi connectivity index (χ2v) is 6.39. The van der Waals surface area contributed by atoms with Crippen LogP contribution in [0.1, 0.15) is 26.7 Å². The Balaban J connectivity index is 2.24. The highest BCUT2D eigenvalue weighted by Crippen LogP contribution is 2.28. The maximum absolute atomic E-state index is 6.19. The maximum atomic E-state index is 6.19. The Kier molecular flexibility index (Phi) is 5.60. The average molecular weight is 219 g/mol. The van der Waals surface area contributed by atoms with Crippen LogP contribution in [0, 0.1) is 5.92 Å². The fourth-order valence-electron chi connectivity index (χ4n) is 1.54. The molecule has 0 bridgehead atoms. The molecule has 1 fully saturated rings. The van der Waals surface area contributed by atoms with Gasteiger partial charge in [0.25, 0.3) is 0 Å². The Morgan fingerprint density at radius 1 is 1.46 bits per heavy atom. The van der Waals surface area contributed by atoms with Gasteiger partial charge in [-0.15, -0.1) is 0 Å². The summed E-state index contributed by atoms with van der Waals surface area (Å²) in [7, 11) is 0. The van der Waals surface area contributed by atoms with Crippen molar-refractivity contribution >= 4 is 23.5 Å². The number of thioether (sulfide) groups is 2. The van der Waals surface area contributed by atoms with Crippen LogP contribution in [0.3, 0.4) is 0 Å². The molecule has 1 aliphatic heterocycles. The van der Waals surface area contributed by atoms with Gasteiger partial charge in [0.1, 0.15) is 0 Å². The van der Waals surface area contributed by atoms with Crippen LogP contribution < -0.4 is 5.73 Å². The topological polar surface area (TPSA) is 26.0 Å². The molecule has 1 saturated heterocycles. The summed E-state index contributed by atoms with van der Waals surface area (Å²) in [5.74, 6) is 4.67. The monoisotopic (exact) mass is 219 g/mol. The van der Waals surface area contributed by atoms with Crippen molar-refractivity contribution in [3.05, 3.63) is 0 Å². The number of nitrogens with two attached hydrogens (primary N) is 1. The first kappa shape index (κ1) is 11.7. The Labute approximate surface area is 90.6 Å². The third kappa shape index (κ3) is 4.13. The van der Waals surface area contributed by atoms with E-state index in [4.69, 9.17) is 5.73 Å². The summed E-state index contributed by atoms with van der Waals surface area (Å²) in [4.78, 5) is 0. The minimum atomic E-state index is 0.424. The van der Waals surface area contributed by atoms with Crippen molar-refractivity contribution in [1.29, 1.82) is 0 Å². The molecule has 3 atom stereocenters. The lowest BCUT2D eigenvalue weighted by Crippen LogP contribution is -2.37. The summed E-state index contributed by atoms with van der Waals surface area (Å²) in [6.07, 6.45) is 2.47. The minimum Gasteiger partial charge on any atom is -0.327 e. The van der Waals surface area contributed by atoms with E-state index in [9.17, 15) is 0 Å². The van der Waals surface area contributed by atoms with Crippen molar-refractivity contribution in [3.63, 3.8) is 0 Å². The fourth-order valence-corrected chi connectivity index (χ4v) is 4.37. The van der Waals surface area contributed by atoms with E-state index in [-0.39, 0.29) is 0 Å². The van der Waals surface area contributed by atoms with Gasteiger partial charge in [-0.1, -0.05) is 20.3 Å². The van der Waals surface area contributed by atoms with Crippen molar-refractivity contribution in [1.82, 2.24) is 0 Å². The lowest BCUT2D eigenvalue weighted by molar-refractivity contribution is 0.451. The predicted molar refractivity (Wildman–Crippen MR) is 65.6 cm³/mol. The molecule has 0 radical (unpaired) electrons. The molecular formula is C10H21NS2. The van der Waals surface area contributed by atoms with Crippen LogP contribution in [0.15, 0.2) is 0 Å². The van der Waals surface area contributed by atoms with Gasteiger partial charge < -0.3 is 5.73 Å². The molecule has 1 aliphatic rings. The Morgan fingerprint density at radius 3 is 2.77 bits per heavy atom. The zero-order valence-electron chi connectivity index (χ0n) is 8.66. The quantitative estimate of drug-likeness (QED) is 0.787. The standard InChI is InChI=1S/C10H21NS2/c1-3-8(2)6-9(11)10-7-12-4-5-13-10/h8-10H,3-7,11H2,1-2H3. The summed E-state index contributed by atoms with van der Waals surface area (Å²) >= 11 is 4.14. The van der Waals surface area contributed by atoms with Gasteiger partial charge >= 0.3 is 0 Å². The van der Waals surface area contributed by atoms with Gasteiger partial charge in [0.05, 0.1) is 0 Å². The smallest absolute Gasteiger partial charge is 0.0289 e. The second-order valence-electron chi connectivity index (χ2n) is 3.90. The summed E-state index contributed by atoms with van der Waals surface area (Å²) < 4.78 is 0. The largest absolute Gasteiger partial charge is 0.327 e. The maximum Gasteiger partial charge on any atom is 0.0289 e. The summed E-state index contributed by atoms with van der Waals surface area (Å²) in [6, 6.07) is 0.424. The first-order valence-electron chi connectivity index (χ1n) is 5.19. The van der Waals surface area contributed by atoms with Crippen LogP contribution in [0.4, 0.5) is 0 Å². The molecule has 0 aromatic rings. The van der Waals surface area contributed by atoms with Gasteiger partial charge in [-0.25, -0.2) is 0 Å². The van der Waals surface area contributed by atoms with Crippen LogP contribution in [-0.4, -0.2) is 28.6 Å². The molecule has 2 N–H and O–H groups in total. The van der Waals surface area contributed by atoms with Gasteiger partial charge in [-0.2, -0.15) is 23.5 Å². The lowest BCUT2D eigenvalue weighted by atomic mass is 9.98. The molecule has 0 aromatic carbocycles. The summed E-state index contributed by atoms with van der Waals surface area (Å²) in [5.41, 5.74) is 6.19. The first-order valence-corrected chi connectivity index (χ1v) is 7.39. The van der Waals surface area contributed by atoms with E-state index in [2.05, 4.69) is 37.4 Å². The Hall–Kier alpha value is 0.660. The van der Waals surface area contributed by atoms with E-state index < -0.39 is 0 Å². The highest BCUT2D eigenvalue weighted by Gasteiger charge is 2.22. The third-order valence-electron chi connectivity index (χ3n) is 2.69. The van der Waals surface area contributed by atoms with Crippen molar-refractivity contribution in [2.24, 2.45) is 11.7 Å². The molecule has 0 saturated carbocycles. The molecule has 0 aromatic heterocycles. The molecular weight excluding hydrogens is 198 g/mol. The van der Waals surface area contributed by atoms with E-state index in [0.717, 1.165) is 5.92 Å². The number of rotatable bonds is 4. The van der Waals surface area contributed by atoms with Crippen molar-refractivity contribution < 1.29 is 0 Å². The van der Waals surface area contributed by atoms with Crippen LogP contribution in [0.2, 0.25) is 0 Å². The van der Waals surface area contributed by atoms with E-state index >= 15 is 0 Å². The molecule has 0 amide bonds. The molecule has 13 heavy (non-hydrogen) atoms. The fraction of sp³-hybridized carbons (Fsp3) is 1.00. The number of hydrogen-bond donors (Lipinski definition) is 1. The van der Waals surface area contributed by atoms with E-state index in [1.807, 2.05) is 0 Å². The molecule has 0 spiro atoms. The molecule has 3 unspecified atom stereocenters. The molecule has 1 heterocycles. The van der Waals surface area contributed by atoms with Gasteiger partial charge in [-0.3, -0.25) is 0 Å². The number of hydrogen-bond acceptors (Lipinski definition) is 3. The van der Waals surface area contributed by atoms with Crippen LogP contribution >= 0.6 is 23.5 Å². The zero-order chi connectivity index (χ0) is 9.68. The van der Waals surface area contributed by atoms with Crippen LogP contribution in [0.25, 0.3) is 0 Å². The molecule has 3 heteroatoms. The minimum absolute atomic E-state index is 0.424. The van der Waals surface area contributed by atoms with Gasteiger partial charge in [-0.05, 0) is 12.3 Å². The van der Waals surface area contributed by atoms with Crippen LogP contribution in [-0.2, 0) is 0 Å². The zero-order valence-corrected chi connectivity index (χ0v) is 10.3. The van der Waals surface area contributed by atoms with Crippen molar-refractivity contribution in [2.45, 2.75) is 38.0 Å². The van der Waals surface area contributed by atoms with Crippen molar-refractivity contribution in [2.75, 3.05) is 17.3 Å². The van der Waals surface area contributed by atoms with Gasteiger partial charge in [0.15, 0.2) is 0 Å². The van der Waals surface area contributed by atoms with E-state index in [1.165, 1.54) is 30.1 Å². The predicted octanol–water partition coefficient (Wildman–Crippen LogP) is 2.60. The Bertz CT molecular complexity index is 135. The SMILES string of the molecule is CCC(C)CC(N)C1CSCCS1. The van der Waals surface area contributed by atoms with Gasteiger partial charge in [0, 0.05) is 28.6 Å². The highest BCUT2D eigenvalue weighted by atomic mass is 32.2. The third-order valence-corrected chi connectivity index (χ3v) is 5.63. The lowest BCUT2D eigenvalue weighted by Gasteiger charge is -2.28. The summed E-state index contributed by atoms with van der Waals surface area (Å²) in [6.45, 7) is 4.56. The molecule has 1 nitrogen and oxygen atoms in total. The van der Waals surface area contributed by atoms with Crippen molar-refractivity contribution in [3.8, 4) is 0 Å². The average Bonchev–Trinajstić information content (AvgIpc) is 2.19. The first-order chi connectivity index (χ1) is 6.24.